The molecular formula is C27H29N3O3. The van der Waals surface area contributed by atoms with E-state index >= 15 is 0 Å². The predicted octanol–water partition coefficient (Wildman–Crippen LogP) is 3.82. The molecule has 33 heavy (non-hydrogen) atoms. The second-order valence-electron chi connectivity index (χ2n) is 8.21. The van der Waals surface area contributed by atoms with Gasteiger partial charge in [-0.3, -0.25) is 14.2 Å². The third-order valence-electron chi connectivity index (χ3n) is 6.20. The Labute approximate surface area is 194 Å². The van der Waals surface area contributed by atoms with Crippen molar-refractivity contribution < 1.29 is 9.53 Å². The fourth-order valence-electron chi connectivity index (χ4n) is 4.11. The van der Waals surface area contributed by atoms with Crippen molar-refractivity contribution in [2.75, 3.05) is 38.2 Å². The van der Waals surface area contributed by atoms with Gasteiger partial charge in [0.2, 0.25) is 0 Å². The van der Waals surface area contributed by atoms with Crippen molar-refractivity contribution in [3.63, 3.8) is 0 Å². The molecule has 0 radical (unpaired) electrons. The van der Waals surface area contributed by atoms with Gasteiger partial charge in [-0.2, -0.15) is 0 Å². The van der Waals surface area contributed by atoms with Crippen LogP contribution in [-0.4, -0.2) is 48.7 Å². The van der Waals surface area contributed by atoms with Gasteiger partial charge in [0.15, 0.2) is 0 Å². The summed E-state index contributed by atoms with van der Waals surface area (Å²) in [4.78, 5) is 30.3. The molecule has 1 fully saturated rings. The van der Waals surface area contributed by atoms with Crippen LogP contribution in [0.15, 0.2) is 71.7 Å². The van der Waals surface area contributed by atoms with E-state index in [-0.39, 0.29) is 11.5 Å². The molecule has 1 amide bonds. The molecule has 1 saturated heterocycles. The lowest BCUT2D eigenvalue weighted by Gasteiger charge is -2.37. The molecule has 0 spiro atoms. The van der Waals surface area contributed by atoms with E-state index in [4.69, 9.17) is 4.74 Å². The van der Waals surface area contributed by atoms with E-state index in [2.05, 4.69) is 36.9 Å². The molecule has 2 heterocycles. The number of methoxy groups -OCH3 is 1. The van der Waals surface area contributed by atoms with Crippen molar-refractivity contribution in [1.29, 1.82) is 0 Å². The average Bonchev–Trinajstić information content (AvgIpc) is 2.85. The molecule has 0 bridgehead atoms. The minimum Gasteiger partial charge on any atom is -0.497 e. The molecule has 0 aliphatic carbocycles. The van der Waals surface area contributed by atoms with Crippen LogP contribution in [0.3, 0.4) is 0 Å². The first-order valence-corrected chi connectivity index (χ1v) is 11.1. The van der Waals surface area contributed by atoms with Gasteiger partial charge in [0.1, 0.15) is 11.4 Å². The smallest absolute Gasteiger partial charge is 0.271 e. The first-order valence-electron chi connectivity index (χ1n) is 11.1. The zero-order chi connectivity index (χ0) is 23.4. The van der Waals surface area contributed by atoms with Crippen LogP contribution in [0.25, 0.3) is 11.8 Å². The molecule has 4 rings (SSSR count). The van der Waals surface area contributed by atoms with Crippen LogP contribution in [0.5, 0.6) is 5.75 Å². The molecule has 6 nitrogen and oxygen atoms in total. The van der Waals surface area contributed by atoms with Gasteiger partial charge in [-0.15, -0.1) is 0 Å². The summed E-state index contributed by atoms with van der Waals surface area (Å²) >= 11 is 0. The summed E-state index contributed by atoms with van der Waals surface area (Å²) in [5, 5.41) is 0. The van der Waals surface area contributed by atoms with E-state index in [9.17, 15) is 9.59 Å². The third-order valence-corrected chi connectivity index (χ3v) is 6.20. The molecule has 1 aliphatic rings. The van der Waals surface area contributed by atoms with Crippen molar-refractivity contribution in [2.24, 2.45) is 0 Å². The Morgan fingerprint density at radius 2 is 1.64 bits per heavy atom. The van der Waals surface area contributed by atoms with Crippen LogP contribution < -0.4 is 15.2 Å². The van der Waals surface area contributed by atoms with Crippen LogP contribution in [0, 0.1) is 13.8 Å². The van der Waals surface area contributed by atoms with Crippen molar-refractivity contribution >= 4 is 23.4 Å². The van der Waals surface area contributed by atoms with Crippen LogP contribution >= 0.6 is 0 Å². The lowest BCUT2D eigenvalue weighted by molar-refractivity contribution is -0.125. The number of hydrogen-bond acceptors (Lipinski definition) is 4. The van der Waals surface area contributed by atoms with Crippen molar-refractivity contribution in [3.8, 4) is 5.75 Å². The van der Waals surface area contributed by atoms with E-state index in [1.807, 2.05) is 29.2 Å². The monoisotopic (exact) mass is 443 g/mol. The predicted molar refractivity (Wildman–Crippen MR) is 133 cm³/mol. The number of pyridine rings is 1. The molecule has 1 aromatic heterocycles. The Balaban J connectivity index is 1.59. The number of ether oxygens (including phenoxy) is 1. The maximum absolute atomic E-state index is 13.6. The number of aryl methyl sites for hydroxylation is 1. The summed E-state index contributed by atoms with van der Waals surface area (Å²) in [6, 6.07) is 18.7. The Bertz CT molecular complexity index is 1220. The van der Waals surface area contributed by atoms with Gasteiger partial charge in [-0.1, -0.05) is 30.3 Å². The SMILES string of the molecule is COc1ccc(/C=C(\C(=O)N2CCN(c3cccc(C)c3C)CC2)n2ccccc2=O)cc1. The minimum atomic E-state index is -0.236. The molecule has 6 heteroatoms. The summed E-state index contributed by atoms with van der Waals surface area (Å²) in [5.41, 5.74) is 4.68. The first kappa shape index (κ1) is 22.4. The van der Waals surface area contributed by atoms with Gasteiger partial charge >= 0.3 is 0 Å². The van der Waals surface area contributed by atoms with Crippen molar-refractivity contribution in [3.05, 3.63) is 93.9 Å². The van der Waals surface area contributed by atoms with Crippen LogP contribution in [0.4, 0.5) is 5.69 Å². The van der Waals surface area contributed by atoms with Crippen LogP contribution in [0.2, 0.25) is 0 Å². The normalized spacial score (nSPS) is 14.3. The molecule has 0 unspecified atom stereocenters. The maximum Gasteiger partial charge on any atom is 0.271 e. The summed E-state index contributed by atoms with van der Waals surface area (Å²) in [7, 11) is 1.61. The highest BCUT2D eigenvalue weighted by Crippen LogP contribution is 2.25. The minimum absolute atomic E-state index is 0.153. The molecular weight excluding hydrogens is 414 g/mol. The second-order valence-corrected chi connectivity index (χ2v) is 8.21. The average molecular weight is 444 g/mol. The lowest BCUT2D eigenvalue weighted by atomic mass is 10.1. The fourth-order valence-corrected chi connectivity index (χ4v) is 4.11. The summed E-state index contributed by atoms with van der Waals surface area (Å²) in [6.07, 6.45) is 3.40. The molecule has 0 N–H and O–H groups in total. The maximum atomic E-state index is 13.6. The Morgan fingerprint density at radius 1 is 0.909 bits per heavy atom. The van der Waals surface area contributed by atoms with E-state index in [0.29, 0.717) is 18.8 Å². The number of anilines is 1. The van der Waals surface area contributed by atoms with E-state index < -0.39 is 0 Å². The van der Waals surface area contributed by atoms with E-state index in [1.54, 1.807) is 31.5 Å². The summed E-state index contributed by atoms with van der Waals surface area (Å²) in [5.74, 6) is 0.583. The van der Waals surface area contributed by atoms with Gasteiger partial charge in [-0.05, 0) is 60.9 Å². The number of amides is 1. The number of rotatable bonds is 5. The molecule has 0 atom stereocenters. The number of carbonyl (C=O) groups is 1. The zero-order valence-electron chi connectivity index (χ0n) is 19.3. The Kier molecular flexibility index (Phi) is 6.63. The standard InChI is InChI=1S/C27H29N3O3/c1-20-7-6-8-24(21(20)2)28-15-17-29(18-16-28)27(32)25(30-14-5-4-9-26(30)31)19-22-10-12-23(33-3)13-11-22/h4-14,19H,15-18H2,1-3H3/b25-19+. The summed E-state index contributed by atoms with van der Waals surface area (Å²) in [6.45, 7) is 6.93. The Hall–Kier alpha value is -3.80. The first-order chi connectivity index (χ1) is 16.0. The molecule has 0 saturated carbocycles. The van der Waals surface area contributed by atoms with Gasteiger partial charge in [0.05, 0.1) is 7.11 Å². The number of carbonyl (C=O) groups excluding carboxylic acids is 1. The zero-order valence-corrected chi connectivity index (χ0v) is 19.3. The quantitative estimate of drug-likeness (QED) is 0.563. The number of piperazine rings is 1. The van der Waals surface area contributed by atoms with Gasteiger partial charge in [-0.25, -0.2) is 0 Å². The van der Waals surface area contributed by atoms with Gasteiger partial charge < -0.3 is 14.5 Å². The van der Waals surface area contributed by atoms with Crippen LogP contribution in [-0.2, 0) is 4.79 Å². The number of nitrogens with zero attached hydrogens (tertiary/aromatic N) is 3. The molecule has 3 aromatic rings. The molecule has 1 aliphatic heterocycles. The Morgan fingerprint density at radius 3 is 2.30 bits per heavy atom. The highest BCUT2D eigenvalue weighted by molar-refractivity contribution is 6.18. The van der Waals surface area contributed by atoms with Crippen molar-refractivity contribution in [2.45, 2.75) is 13.8 Å². The summed E-state index contributed by atoms with van der Waals surface area (Å²) < 4.78 is 6.65. The highest BCUT2D eigenvalue weighted by Gasteiger charge is 2.26. The second kappa shape index (κ2) is 9.77. The topological polar surface area (TPSA) is 54.8 Å². The lowest BCUT2D eigenvalue weighted by Crippen LogP contribution is -2.49. The fraction of sp³-hybridized carbons (Fsp3) is 0.259. The van der Waals surface area contributed by atoms with Crippen LogP contribution in [0.1, 0.15) is 16.7 Å². The third kappa shape index (κ3) is 4.85. The highest BCUT2D eigenvalue weighted by atomic mass is 16.5. The molecule has 2 aromatic carbocycles. The largest absolute Gasteiger partial charge is 0.497 e. The number of benzene rings is 2. The number of hydrogen-bond donors (Lipinski definition) is 0. The van der Waals surface area contributed by atoms with E-state index in [0.717, 1.165) is 24.4 Å². The number of aromatic nitrogens is 1. The van der Waals surface area contributed by atoms with Crippen molar-refractivity contribution in [1.82, 2.24) is 9.47 Å². The molecule has 170 valence electrons. The van der Waals surface area contributed by atoms with Gasteiger partial charge in [0.25, 0.3) is 11.5 Å². The van der Waals surface area contributed by atoms with E-state index in [1.165, 1.54) is 27.4 Å². The van der Waals surface area contributed by atoms with Gasteiger partial charge in [0, 0.05) is 44.1 Å².